The van der Waals surface area contributed by atoms with Crippen LogP contribution in [0.2, 0.25) is 0 Å². The van der Waals surface area contributed by atoms with Gasteiger partial charge in [0.1, 0.15) is 12.1 Å². The molecule has 4 rings (SSSR count). The molecule has 2 heterocycles. The van der Waals surface area contributed by atoms with Gasteiger partial charge in [0.15, 0.2) is 6.61 Å². The smallest absolute Gasteiger partial charge is 0.340 e. The second-order valence-electron chi connectivity index (χ2n) is 6.81. The van der Waals surface area contributed by atoms with Crippen LogP contribution in [0.3, 0.4) is 0 Å². The number of carbonyl (C=O) groups excluding carboxylic acids is 2. The average Bonchev–Trinajstić information content (AvgIpc) is 3.43. The lowest BCUT2D eigenvalue weighted by Gasteiger charge is -2.11. The number of hydrogen-bond donors (Lipinski definition) is 1. The van der Waals surface area contributed by atoms with Crippen molar-refractivity contribution < 1.29 is 14.3 Å². The first-order valence-electron chi connectivity index (χ1n) is 9.44. The number of aryl methyl sites for hydroxylation is 2. The summed E-state index contributed by atoms with van der Waals surface area (Å²) in [6.07, 6.45) is 1.37. The van der Waals surface area contributed by atoms with E-state index in [-0.39, 0.29) is 5.56 Å². The van der Waals surface area contributed by atoms with Crippen molar-refractivity contribution in [2.24, 2.45) is 0 Å². The summed E-state index contributed by atoms with van der Waals surface area (Å²) in [6, 6.07) is 16.2. The van der Waals surface area contributed by atoms with Crippen molar-refractivity contribution in [2.75, 3.05) is 11.9 Å². The van der Waals surface area contributed by atoms with E-state index >= 15 is 0 Å². The zero-order valence-electron chi connectivity index (χ0n) is 16.9. The molecule has 0 unspecified atom stereocenters. The number of tetrazole rings is 1. The van der Waals surface area contributed by atoms with Crippen LogP contribution in [0.4, 0.5) is 5.82 Å². The number of nitrogens with one attached hydrogen (secondary N) is 1. The van der Waals surface area contributed by atoms with Crippen LogP contribution in [0.15, 0.2) is 60.9 Å². The first kappa shape index (κ1) is 20.0. The predicted octanol–water partition coefficient (Wildman–Crippen LogP) is 2.26. The lowest BCUT2D eigenvalue weighted by molar-refractivity contribution is -0.119. The number of hydrogen-bond acceptors (Lipinski definition) is 7. The standard InChI is InChI=1S/C21H19N7O3/c1-14-7-9-16(10-8-14)28-19(11-15(2)24-28)23-20(29)12-31-21(30)17-5-3-4-6-18(17)27-13-22-25-26-27/h3-11,13H,12H2,1-2H3,(H,23,29). The minimum Gasteiger partial charge on any atom is -0.452 e. The van der Waals surface area contributed by atoms with Gasteiger partial charge in [-0.15, -0.1) is 5.10 Å². The van der Waals surface area contributed by atoms with E-state index in [0.717, 1.165) is 16.9 Å². The van der Waals surface area contributed by atoms with E-state index in [1.165, 1.54) is 11.0 Å². The Morgan fingerprint density at radius 1 is 1.06 bits per heavy atom. The lowest BCUT2D eigenvalue weighted by atomic mass is 10.2. The molecule has 10 heteroatoms. The molecule has 1 amide bonds. The van der Waals surface area contributed by atoms with Gasteiger partial charge in [0, 0.05) is 6.07 Å². The highest BCUT2D eigenvalue weighted by Crippen LogP contribution is 2.18. The van der Waals surface area contributed by atoms with E-state index in [1.54, 1.807) is 35.0 Å². The van der Waals surface area contributed by atoms with E-state index in [1.807, 2.05) is 38.1 Å². The number of esters is 1. The van der Waals surface area contributed by atoms with Crippen molar-refractivity contribution in [1.29, 1.82) is 0 Å². The molecule has 31 heavy (non-hydrogen) atoms. The largest absolute Gasteiger partial charge is 0.452 e. The van der Waals surface area contributed by atoms with Crippen molar-refractivity contribution in [1.82, 2.24) is 30.0 Å². The molecular formula is C21H19N7O3. The van der Waals surface area contributed by atoms with Gasteiger partial charge in [0.25, 0.3) is 5.91 Å². The Balaban J connectivity index is 1.44. The summed E-state index contributed by atoms with van der Waals surface area (Å²) in [6.45, 7) is 3.36. The SMILES string of the molecule is Cc1ccc(-n2nc(C)cc2NC(=O)COC(=O)c2ccccc2-n2cnnn2)cc1. The van der Waals surface area contributed by atoms with E-state index in [2.05, 4.69) is 25.9 Å². The average molecular weight is 417 g/mol. The molecule has 2 aromatic heterocycles. The molecule has 156 valence electrons. The minimum atomic E-state index is -0.663. The fourth-order valence-corrected chi connectivity index (χ4v) is 2.98. The van der Waals surface area contributed by atoms with Crippen molar-refractivity contribution in [3.8, 4) is 11.4 Å². The van der Waals surface area contributed by atoms with Crippen LogP contribution in [0.1, 0.15) is 21.6 Å². The summed E-state index contributed by atoms with van der Waals surface area (Å²) in [5.41, 5.74) is 3.35. The lowest BCUT2D eigenvalue weighted by Crippen LogP contribution is -2.23. The first-order valence-corrected chi connectivity index (χ1v) is 9.44. The summed E-state index contributed by atoms with van der Waals surface area (Å²) in [5.74, 6) is -0.664. The number of rotatable bonds is 6. The van der Waals surface area contributed by atoms with Gasteiger partial charge < -0.3 is 10.1 Å². The van der Waals surface area contributed by atoms with Gasteiger partial charge in [0.05, 0.1) is 22.6 Å². The molecule has 0 aliphatic carbocycles. The molecule has 4 aromatic rings. The molecule has 0 aliphatic heterocycles. The molecule has 0 saturated carbocycles. The molecule has 10 nitrogen and oxygen atoms in total. The molecule has 0 radical (unpaired) electrons. The van der Waals surface area contributed by atoms with Crippen LogP contribution in [0.5, 0.6) is 0 Å². The number of carbonyl (C=O) groups is 2. The van der Waals surface area contributed by atoms with Crippen LogP contribution in [-0.2, 0) is 9.53 Å². The molecule has 0 atom stereocenters. The summed E-state index contributed by atoms with van der Waals surface area (Å²) in [4.78, 5) is 25.0. The molecule has 1 N–H and O–H groups in total. The Labute approximate surface area is 177 Å². The Morgan fingerprint density at radius 2 is 1.84 bits per heavy atom. The highest BCUT2D eigenvalue weighted by Gasteiger charge is 2.17. The zero-order valence-corrected chi connectivity index (χ0v) is 16.9. The van der Waals surface area contributed by atoms with Crippen molar-refractivity contribution in [2.45, 2.75) is 13.8 Å². The van der Waals surface area contributed by atoms with E-state index in [9.17, 15) is 9.59 Å². The number of aromatic nitrogens is 6. The summed E-state index contributed by atoms with van der Waals surface area (Å²) < 4.78 is 8.18. The molecule has 0 aliphatic rings. The Bertz CT molecular complexity index is 1210. The van der Waals surface area contributed by atoms with Gasteiger partial charge in [-0.1, -0.05) is 29.8 Å². The summed E-state index contributed by atoms with van der Waals surface area (Å²) >= 11 is 0. The van der Waals surface area contributed by atoms with Gasteiger partial charge in [-0.05, 0) is 48.5 Å². The quantitative estimate of drug-likeness (QED) is 0.478. The molecule has 0 bridgehead atoms. The number of benzene rings is 2. The molecule has 0 saturated heterocycles. The maximum absolute atomic E-state index is 12.5. The number of amides is 1. The first-order chi connectivity index (χ1) is 15.0. The van der Waals surface area contributed by atoms with Crippen molar-refractivity contribution in [3.05, 3.63) is 77.7 Å². The number of anilines is 1. The number of para-hydroxylation sites is 1. The van der Waals surface area contributed by atoms with Crippen LogP contribution in [0, 0.1) is 13.8 Å². The van der Waals surface area contributed by atoms with E-state index < -0.39 is 18.5 Å². The van der Waals surface area contributed by atoms with Gasteiger partial charge in [-0.3, -0.25) is 4.79 Å². The monoisotopic (exact) mass is 417 g/mol. The van der Waals surface area contributed by atoms with E-state index in [4.69, 9.17) is 4.74 Å². The molecule has 0 fully saturated rings. The van der Waals surface area contributed by atoms with Crippen LogP contribution >= 0.6 is 0 Å². The number of nitrogens with zero attached hydrogens (tertiary/aromatic N) is 6. The second-order valence-corrected chi connectivity index (χ2v) is 6.81. The Hall–Kier alpha value is -4.34. The summed E-state index contributed by atoms with van der Waals surface area (Å²) in [7, 11) is 0. The highest BCUT2D eigenvalue weighted by atomic mass is 16.5. The van der Waals surface area contributed by atoms with Gasteiger partial charge >= 0.3 is 5.97 Å². The van der Waals surface area contributed by atoms with Crippen LogP contribution < -0.4 is 5.32 Å². The van der Waals surface area contributed by atoms with Crippen molar-refractivity contribution >= 4 is 17.7 Å². The highest BCUT2D eigenvalue weighted by molar-refractivity contribution is 5.97. The zero-order chi connectivity index (χ0) is 21.8. The van der Waals surface area contributed by atoms with Gasteiger partial charge in [-0.25, -0.2) is 9.48 Å². The topological polar surface area (TPSA) is 117 Å². The van der Waals surface area contributed by atoms with Crippen LogP contribution in [0.25, 0.3) is 11.4 Å². The molecular weight excluding hydrogens is 398 g/mol. The Kier molecular flexibility index (Phi) is 5.52. The van der Waals surface area contributed by atoms with Crippen LogP contribution in [-0.4, -0.2) is 48.5 Å². The van der Waals surface area contributed by atoms with Gasteiger partial charge in [0.2, 0.25) is 0 Å². The van der Waals surface area contributed by atoms with Crippen molar-refractivity contribution in [3.63, 3.8) is 0 Å². The van der Waals surface area contributed by atoms with E-state index in [0.29, 0.717) is 11.5 Å². The summed E-state index contributed by atoms with van der Waals surface area (Å²) in [5, 5.41) is 18.1. The number of ether oxygens (including phenoxy) is 1. The third kappa shape index (κ3) is 4.47. The Morgan fingerprint density at radius 3 is 2.58 bits per heavy atom. The maximum atomic E-state index is 12.5. The predicted molar refractivity (Wildman–Crippen MR) is 111 cm³/mol. The minimum absolute atomic E-state index is 0.239. The third-order valence-electron chi connectivity index (χ3n) is 4.43. The fourth-order valence-electron chi connectivity index (χ4n) is 2.98. The second kappa shape index (κ2) is 8.57. The normalized spacial score (nSPS) is 10.6. The maximum Gasteiger partial charge on any atom is 0.340 e. The fraction of sp³-hybridized carbons (Fsp3) is 0.143. The molecule has 2 aromatic carbocycles. The third-order valence-corrected chi connectivity index (χ3v) is 4.43. The van der Waals surface area contributed by atoms with Gasteiger partial charge in [-0.2, -0.15) is 9.78 Å². The molecule has 0 spiro atoms.